The molecule has 172 valence electrons. The molecule has 0 radical (unpaired) electrons. The van der Waals surface area contributed by atoms with E-state index in [9.17, 15) is 24.3 Å². The second-order valence-corrected chi connectivity index (χ2v) is 7.78. The minimum atomic E-state index is -1.16. The van der Waals surface area contributed by atoms with Gasteiger partial charge in [-0.25, -0.2) is 4.79 Å². The van der Waals surface area contributed by atoms with Gasteiger partial charge in [-0.05, 0) is 52.3 Å². The van der Waals surface area contributed by atoms with Gasteiger partial charge in [0.1, 0.15) is 30.0 Å². The molecule has 0 bridgehead atoms. The Balaban J connectivity index is 3.15. The highest BCUT2D eigenvalue weighted by molar-refractivity contribution is 5.93. The smallest absolute Gasteiger partial charge is 0.408 e. The number of phenols is 1. The summed E-state index contributed by atoms with van der Waals surface area (Å²) < 4.78 is 9.70. The summed E-state index contributed by atoms with van der Waals surface area (Å²) in [5.41, 5.74) is -0.406. The fourth-order valence-corrected chi connectivity index (χ4v) is 2.76. The SMILES string of the molecule is CCN(C(=O)C(C)NC(=O)OC(C)(C)C)C(C(=O)NCC(=O)OC)c1cccc(O)c1. The molecule has 1 rings (SSSR count). The van der Waals surface area contributed by atoms with Gasteiger partial charge in [0, 0.05) is 6.54 Å². The first-order valence-corrected chi connectivity index (χ1v) is 9.83. The number of esters is 1. The van der Waals surface area contributed by atoms with Gasteiger partial charge in [0.25, 0.3) is 0 Å². The number of benzene rings is 1. The Hall–Kier alpha value is -3.30. The number of carbonyl (C=O) groups is 4. The Morgan fingerprint density at radius 1 is 1.19 bits per heavy atom. The van der Waals surface area contributed by atoms with Crippen LogP contribution in [-0.4, -0.2) is 65.7 Å². The lowest BCUT2D eigenvalue weighted by Gasteiger charge is -2.32. The first kappa shape index (κ1) is 25.7. The molecule has 10 heteroatoms. The molecule has 0 heterocycles. The lowest BCUT2D eigenvalue weighted by Crippen LogP contribution is -2.52. The predicted molar refractivity (Wildman–Crippen MR) is 112 cm³/mol. The van der Waals surface area contributed by atoms with Crippen LogP contribution < -0.4 is 10.6 Å². The van der Waals surface area contributed by atoms with Crippen molar-refractivity contribution in [3.8, 4) is 5.75 Å². The Morgan fingerprint density at radius 3 is 2.35 bits per heavy atom. The largest absolute Gasteiger partial charge is 0.508 e. The fraction of sp³-hybridized carbons (Fsp3) is 0.524. The van der Waals surface area contributed by atoms with Crippen LogP contribution in [0.25, 0.3) is 0 Å². The summed E-state index contributed by atoms with van der Waals surface area (Å²) in [6, 6.07) is 3.73. The average Bonchev–Trinajstić information content (AvgIpc) is 2.67. The monoisotopic (exact) mass is 437 g/mol. The van der Waals surface area contributed by atoms with E-state index in [2.05, 4.69) is 15.4 Å². The van der Waals surface area contributed by atoms with Crippen LogP contribution in [0.5, 0.6) is 5.75 Å². The first-order valence-electron chi connectivity index (χ1n) is 9.83. The Labute approximate surface area is 181 Å². The number of phenolic OH excluding ortho intramolecular Hbond substituents is 1. The summed E-state index contributed by atoms with van der Waals surface area (Å²) in [5.74, 6) is -1.94. The predicted octanol–water partition coefficient (Wildman–Crippen LogP) is 1.48. The van der Waals surface area contributed by atoms with Crippen LogP contribution in [0, 0.1) is 0 Å². The second kappa shape index (κ2) is 11.2. The molecule has 31 heavy (non-hydrogen) atoms. The number of nitrogens with zero attached hydrogens (tertiary/aromatic N) is 1. The maximum Gasteiger partial charge on any atom is 0.408 e. The normalized spacial score (nSPS) is 12.8. The molecule has 0 aromatic heterocycles. The molecule has 1 aromatic rings. The van der Waals surface area contributed by atoms with Crippen molar-refractivity contribution in [2.75, 3.05) is 20.2 Å². The summed E-state index contributed by atoms with van der Waals surface area (Å²) in [4.78, 5) is 50.7. The van der Waals surface area contributed by atoms with Crippen molar-refractivity contribution in [2.45, 2.75) is 52.3 Å². The number of alkyl carbamates (subject to hydrolysis) is 1. The quantitative estimate of drug-likeness (QED) is 0.525. The molecule has 0 fully saturated rings. The fourth-order valence-electron chi connectivity index (χ4n) is 2.76. The average molecular weight is 437 g/mol. The molecule has 2 unspecified atom stereocenters. The van der Waals surface area contributed by atoms with Gasteiger partial charge >= 0.3 is 12.1 Å². The Morgan fingerprint density at radius 2 is 1.84 bits per heavy atom. The molecule has 10 nitrogen and oxygen atoms in total. The van der Waals surface area contributed by atoms with Gasteiger partial charge in [-0.3, -0.25) is 14.4 Å². The number of carbonyl (C=O) groups excluding carboxylic acids is 4. The third kappa shape index (κ3) is 8.15. The van der Waals surface area contributed by atoms with Gasteiger partial charge in [-0.1, -0.05) is 12.1 Å². The summed E-state index contributed by atoms with van der Waals surface area (Å²) in [5, 5.41) is 14.7. The molecular weight excluding hydrogens is 406 g/mol. The van der Waals surface area contributed by atoms with Gasteiger partial charge in [0.15, 0.2) is 0 Å². The Bertz CT molecular complexity index is 804. The maximum absolute atomic E-state index is 13.1. The van der Waals surface area contributed by atoms with Crippen LogP contribution in [0.15, 0.2) is 24.3 Å². The van der Waals surface area contributed by atoms with Crippen molar-refractivity contribution >= 4 is 23.9 Å². The van der Waals surface area contributed by atoms with Gasteiger partial charge in [0.05, 0.1) is 7.11 Å². The second-order valence-electron chi connectivity index (χ2n) is 7.78. The van der Waals surface area contributed by atoms with E-state index in [-0.39, 0.29) is 18.8 Å². The minimum absolute atomic E-state index is 0.0910. The number of hydrogen-bond acceptors (Lipinski definition) is 7. The van der Waals surface area contributed by atoms with E-state index in [1.807, 2.05) is 0 Å². The lowest BCUT2D eigenvalue weighted by molar-refractivity contribution is -0.144. The molecule has 0 saturated heterocycles. The third-order valence-electron chi connectivity index (χ3n) is 4.11. The highest BCUT2D eigenvalue weighted by Crippen LogP contribution is 2.25. The van der Waals surface area contributed by atoms with Gasteiger partial charge in [0.2, 0.25) is 11.8 Å². The number of ether oxygens (including phenoxy) is 2. The number of nitrogens with one attached hydrogen (secondary N) is 2. The zero-order valence-corrected chi connectivity index (χ0v) is 18.7. The van der Waals surface area contributed by atoms with Gasteiger partial charge < -0.3 is 30.1 Å². The van der Waals surface area contributed by atoms with E-state index in [1.165, 1.54) is 37.1 Å². The zero-order valence-electron chi connectivity index (χ0n) is 18.7. The molecule has 3 amide bonds. The van der Waals surface area contributed by atoms with E-state index in [0.29, 0.717) is 5.56 Å². The lowest BCUT2D eigenvalue weighted by atomic mass is 10.0. The van der Waals surface area contributed by atoms with E-state index in [1.54, 1.807) is 33.8 Å². The molecule has 0 saturated carbocycles. The highest BCUT2D eigenvalue weighted by atomic mass is 16.6. The topological polar surface area (TPSA) is 134 Å². The molecule has 2 atom stereocenters. The van der Waals surface area contributed by atoms with E-state index in [4.69, 9.17) is 4.74 Å². The Kier molecular flexibility index (Phi) is 9.29. The molecule has 3 N–H and O–H groups in total. The van der Waals surface area contributed by atoms with Crippen molar-refractivity contribution in [3.63, 3.8) is 0 Å². The number of hydrogen-bond donors (Lipinski definition) is 3. The van der Waals surface area contributed by atoms with Crippen molar-refractivity contribution in [1.82, 2.24) is 15.5 Å². The molecule has 0 spiro atoms. The maximum atomic E-state index is 13.1. The van der Waals surface area contributed by atoms with Crippen LogP contribution in [0.1, 0.15) is 46.2 Å². The van der Waals surface area contributed by atoms with Crippen LogP contribution in [0.3, 0.4) is 0 Å². The number of likely N-dealkylation sites (N-methyl/N-ethyl adjacent to an activating group) is 1. The number of aromatic hydroxyl groups is 1. The molecule has 0 aliphatic heterocycles. The summed E-state index contributed by atoms with van der Waals surface area (Å²) >= 11 is 0. The molecule has 1 aromatic carbocycles. The third-order valence-corrected chi connectivity index (χ3v) is 4.11. The molecule has 0 aliphatic carbocycles. The van der Waals surface area contributed by atoms with Crippen LogP contribution in [-0.2, 0) is 23.9 Å². The summed E-state index contributed by atoms with van der Waals surface area (Å²) in [6.45, 7) is 7.96. The molecular formula is C21H31N3O7. The minimum Gasteiger partial charge on any atom is -0.508 e. The number of amides is 3. The first-order chi connectivity index (χ1) is 14.4. The summed E-state index contributed by atoms with van der Waals surface area (Å²) in [6.07, 6.45) is -0.770. The van der Waals surface area contributed by atoms with Gasteiger partial charge in [-0.2, -0.15) is 0 Å². The number of methoxy groups -OCH3 is 1. The van der Waals surface area contributed by atoms with E-state index in [0.717, 1.165) is 0 Å². The van der Waals surface area contributed by atoms with Gasteiger partial charge in [-0.15, -0.1) is 0 Å². The standard InChI is InChI=1S/C21H31N3O7/c1-7-24(19(28)13(2)23-20(29)31-21(3,4)5)17(14-9-8-10-15(25)11-14)18(27)22-12-16(26)30-6/h8-11,13,17,25H,7,12H2,1-6H3,(H,22,27)(H,23,29). The van der Waals surface area contributed by atoms with Crippen LogP contribution in [0.4, 0.5) is 4.79 Å². The van der Waals surface area contributed by atoms with Crippen molar-refractivity contribution in [3.05, 3.63) is 29.8 Å². The summed E-state index contributed by atoms with van der Waals surface area (Å²) in [7, 11) is 1.19. The highest BCUT2D eigenvalue weighted by Gasteiger charge is 2.34. The zero-order chi connectivity index (χ0) is 23.8. The van der Waals surface area contributed by atoms with Crippen LogP contribution >= 0.6 is 0 Å². The van der Waals surface area contributed by atoms with Crippen molar-refractivity contribution in [1.29, 1.82) is 0 Å². The van der Waals surface area contributed by atoms with E-state index < -0.39 is 41.6 Å². The van der Waals surface area contributed by atoms with Crippen molar-refractivity contribution in [2.24, 2.45) is 0 Å². The van der Waals surface area contributed by atoms with Crippen LogP contribution in [0.2, 0.25) is 0 Å². The van der Waals surface area contributed by atoms with Crippen molar-refractivity contribution < 1.29 is 33.8 Å². The number of rotatable bonds is 8. The van der Waals surface area contributed by atoms with E-state index >= 15 is 0 Å². The molecule has 0 aliphatic rings.